The van der Waals surface area contributed by atoms with Crippen molar-refractivity contribution < 1.29 is 23.8 Å². The zero-order chi connectivity index (χ0) is 18.5. The quantitative estimate of drug-likeness (QED) is 0.798. The van der Waals surface area contributed by atoms with Crippen LogP contribution < -0.4 is 25.1 Å². The number of ether oxygens (including phenoxy) is 3. The third-order valence-electron chi connectivity index (χ3n) is 3.59. The molecule has 26 heavy (non-hydrogen) atoms. The van der Waals surface area contributed by atoms with E-state index >= 15 is 0 Å². The van der Waals surface area contributed by atoms with E-state index in [2.05, 4.69) is 10.9 Å². The highest BCUT2D eigenvalue weighted by Gasteiger charge is 2.28. The number of hydrazine groups is 1. The van der Waals surface area contributed by atoms with Gasteiger partial charge in [-0.15, -0.1) is 0 Å². The molecule has 0 fully saturated rings. The number of fused-ring (bicyclic) bond motifs is 1. The first-order chi connectivity index (χ1) is 12.5. The molecule has 136 valence electrons. The lowest BCUT2D eigenvalue weighted by Gasteiger charge is -2.25. The first-order valence-electron chi connectivity index (χ1n) is 7.93. The van der Waals surface area contributed by atoms with Crippen LogP contribution in [0.3, 0.4) is 0 Å². The van der Waals surface area contributed by atoms with Gasteiger partial charge in [-0.05, 0) is 37.3 Å². The second-order valence-corrected chi connectivity index (χ2v) is 6.00. The molecule has 2 aromatic rings. The zero-order valence-corrected chi connectivity index (χ0v) is 14.7. The van der Waals surface area contributed by atoms with Gasteiger partial charge < -0.3 is 14.2 Å². The fourth-order valence-electron chi connectivity index (χ4n) is 2.25. The Morgan fingerprint density at radius 3 is 2.69 bits per heavy atom. The Morgan fingerprint density at radius 2 is 1.92 bits per heavy atom. The van der Waals surface area contributed by atoms with Gasteiger partial charge in [0.1, 0.15) is 12.4 Å². The molecule has 0 saturated heterocycles. The fraction of sp³-hybridized carbons (Fsp3) is 0.222. The lowest BCUT2D eigenvalue weighted by atomic mass is 10.2. The monoisotopic (exact) mass is 376 g/mol. The van der Waals surface area contributed by atoms with Crippen molar-refractivity contribution in [3.8, 4) is 17.2 Å². The van der Waals surface area contributed by atoms with E-state index in [0.717, 1.165) is 0 Å². The van der Waals surface area contributed by atoms with Crippen molar-refractivity contribution in [3.63, 3.8) is 0 Å². The maximum absolute atomic E-state index is 12.1. The molecule has 1 heterocycles. The number of nitrogens with one attached hydrogen (secondary N) is 2. The number of amides is 2. The molecule has 0 aliphatic carbocycles. The first-order valence-corrected chi connectivity index (χ1v) is 8.31. The molecule has 2 N–H and O–H groups in total. The average Bonchev–Trinajstić information content (AvgIpc) is 2.65. The molecule has 2 amide bonds. The van der Waals surface area contributed by atoms with Crippen LogP contribution in [-0.4, -0.2) is 30.6 Å². The van der Waals surface area contributed by atoms with Gasteiger partial charge in [-0.2, -0.15) is 0 Å². The van der Waals surface area contributed by atoms with Crippen LogP contribution in [-0.2, 0) is 9.59 Å². The highest BCUT2D eigenvalue weighted by atomic mass is 35.5. The van der Waals surface area contributed by atoms with Gasteiger partial charge in [-0.1, -0.05) is 29.8 Å². The summed E-state index contributed by atoms with van der Waals surface area (Å²) in [4.78, 5) is 24.2. The predicted octanol–water partition coefficient (Wildman–Crippen LogP) is 2.09. The van der Waals surface area contributed by atoms with E-state index in [0.29, 0.717) is 22.3 Å². The first kappa shape index (κ1) is 17.9. The largest absolute Gasteiger partial charge is 0.485 e. The molecule has 1 aliphatic heterocycles. The van der Waals surface area contributed by atoms with E-state index in [1.807, 2.05) is 6.07 Å². The highest BCUT2D eigenvalue weighted by Crippen LogP contribution is 2.30. The van der Waals surface area contributed by atoms with E-state index in [4.69, 9.17) is 25.8 Å². The minimum Gasteiger partial charge on any atom is -0.485 e. The summed E-state index contributed by atoms with van der Waals surface area (Å²) < 4.78 is 16.5. The maximum Gasteiger partial charge on any atom is 0.283 e. The lowest BCUT2D eigenvalue weighted by Crippen LogP contribution is -2.53. The Labute approximate surface area is 155 Å². The number of hydrogen-bond acceptors (Lipinski definition) is 5. The molecule has 0 radical (unpaired) electrons. The van der Waals surface area contributed by atoms with Crippen molar-refractivity contribution in [1.82, 2.24) is 10.9 Å². The topological polar surface area (TPSA) is 85.9 Å². The predicted molar refractivity (Wildman–Crippen MR) is 94.2 cm³/mol. The van der Waals surface area contributed by atoms with Crippen molar-refractivity contribution in [1.29, 1.82) is 0 Å². The van der Waals surface area contributed by atoms with Crippen molar-refractivity contribution >= 4 is 23.4 Å². The van der Waals surface area contributed by atoms with Gasteiger partial charge in [0.05, 0.1) is 0 Å². The van der Waals surface area contributed by atoms with Gasteiger partial charge in [0.25, 0.3) is 11.8 Å². The van der Waals surface area contributed by atoms with Crippen LogP contribution in [0.5, 0.6) is 17.2 Å². The van der Waals surface area contributed by atoms with Crippen LogP contribution in [0.15, 0.2) is 48.5 Å². The van der Waals surface area contributed by atoms with E-state index in [-0.39, 0.29) is 6.61 Å². The normalized spacial score (nSPS) is 16.3. The molecule has 0 saturated carbocycles. The van der Waals surface area contributed by atoms with Gasteiger partial charge in [-0.25, -0.2) is 0 Å². The molecule has 3 rings (SSSR count). The molecule has 0 spiro atoms. The number of halogens is 1. The number of hydrogen-bond donors (Lipinski definition) is 2. The Bertz CT molecular complexity index is 814. The minimum absolute atomic E-state index is 0.0489. The summed E-state index contributed by atoms with van der Waals surface area (Å²) >= 11 is 5.87. The van der Waals surface area contributed by atoms with Crippen LogP contribution in [0.2, 0.25) is 5.02 Å². The van der Waals surface area contributed by atoms with Gasteiger partial charge in [0, 0.05) is 5.02 Å². The van der Waals surface area contributed by atoms with Crippen molar-refractivity contribution in [3.05, 3.63) is 53.6 Å². The summed E-state index contributed by atoms with van der Waals surface area (Å²) in [5, 5.41) is 0.498. The van der Waals surface area contributed by atoms with Crippen LogP contribution in [0, 0.1) is 0 Å². The molecule has 0 aromatic heterocycles. The molecule has 1 aliphatic rings. The number of carbonyl (C=O) groups excluding carboxylic acids is 2. The summed E-state index contributed by atoms with van der Waals surface area (Å²) in [6, 6.07) is 13.7. The van der Waals surface area contributed by atoms with Gasteiger partial charge in [0.15, 0.2) is 17.6 Å². The molecule has 0 bridgehead atoms. The van der Waals surface area contributed by atoms with Gasteiger partial charge >= 0.3 is 0 Å². The fourth-order valence-corrected chi connectivity index (χ4v) is 2.43. The Balaban J connectivity index is 1.49. The zero-order valence-electron chi connectivity index (χ0n) is 13.9. The molecule has 2 aromatic carbocycles. The van der Waals surface area contributed by atoms with Crippen LogP contribution in [0.4, 0.5) is 0 Å². The third kappa shape index (κ3) is 4.37. The Hall–Kier alpha value is -2.93. The number of benzene rings is 2. The van der Waals surface area contributed by atoms with Crippen LogP contribution in [0.1, 0.15) is 6.92 Å². The summed E-state index contributed by atoms with van der Waals surface area (Å²) in [7, 11) is 0. The average molecular weight is 377 g/mol. The summed E-state index contributed by atoms with van der Waals surface area (Å²) in [6.07, 6.45) is -1.70. The van der Waals surface area contributed by atoms with E-state index in [1.54, 1.807) is 49.4 Å². The second-order valence-electron chi connectivity index (χ2n) is 5.56. The smallest absolute Gasteiger partial charge is 0.283 e. The second kappa shape index (κ2) is 7.97. The SMILES string of the molecule is C[C@H](Oc1cccc(Cl)c1)C(=O)NNC(=O)[C@@H]1COc2ccccc2O1. The molecule has 2 atom stereocenters. The third-order valence-corrected chi connectivity index (χ3v) is 3.82. The van der Waals surface area contributed by atoms with Gasteiger partial charge in [-0.3, -0.25) is 20.4 Å². The standard InChI is InChI=1S/C18H17ClN2O5/c1-11(25-13-6-4-5-12(19)9-13)17(22)20-21-18(23)16-10-24-14-7-2-3-8-15(14)26-16/h2-9,11,16H,10H2,1H3,(H,20,22)(H,21,23)/t11-,16-/m0/s1. The van der Waals surface area contributed by atoms with Crippen molar-refractivity contribution in [2.24, 2.45) is 0 Å². The molecule has 7 nitrogen and oxygen atoms in total. The molecular formula is C18H17ClN2O5. The molecular weight excluding hydrogens is 360 g/mol. The minimum atomic E-state index is -0.866. The van der Waals surface area contributed by atoms with Crippen molar-refractivity contribution in [2.75, 3.05) is 6.61 Å². The summed E-state index contributed by atoms with van der Waals surface area (Å²) in [5.41, 5.74) is 4.62. The molecule has 8 heteroatoms. The number of carbonyl (C=O) groups is 2. The van der Waals surface area contributed by atoms with Gasteiger partial charge in [0.2, 0.25) is 6.10 Å². The highest BCUT2D eigenvalue weighted by molar-refractivity contribution is 6.30. The summed E-state index contributed by atoms with van der Waals surface area (Å²) in [5.74, 6) is 0.456. The van der Waals surface area contributed by atoms with E-state index in [9.17, 15) is 9.59 Å². The van der Waals surface area contributed by atoms with Crippen LogP contribution >= 0.6 is 11.6 Å². The van der Waals surface area contributed by atoms with E-state index < -0.39 is 24.0 Å². The Kier molecular flexibility index (Phi) is 5.48. The van der Waals surface area contributed by atoms with E-state index in [1.165, 1.54) is 0 Å². The lowest BCUT2D eigenvalue weighted by molar-refractivity contribution is -0.137. The summed E-state index contributed by atoms with van der Waals surface area (Å²) in [6.45, 7) is 1.60. The number of rotatable bonds is 4. The number of para-hydroxylation sites is 2. The molecule has 0 unspecified atom stereocenters. The maximum atomic E-state index is 12.1. The Morgan fingerprint density at radius 1 is 1.15 bits per heavy atom. The van der Waals surface area contributed by atoms with Crippen molar-refractivity contribution in [2.45, 2.75) is 19.1 Å². The van der Waals surface area contributed by atoms with Crippen LogP contribution in [0.25, 0.3) is 0 Å².